The number of rotatable bonds is 4. The van der Waals surface area contributed by atoms with E-state index in [-0.39, 0.29) is 9.92 Å². The number of amides is 1. The van der Waals surface area contributed by atoms with Crippen LogP contribution in [0.1, 0.15) is 45.8 Å². The molecule has 1 aliphatic carbocycles. The minimum Gasteiger partial charge on any atom is -0.273 e. The maximum absolute atomic E-state index is 12.3. The van der Waals surface area contributed by atoms with Crippen molar-refractivity contribution in [2.45, 2.75) is 43.4 Å². The first-order chi connectivity index (χ1) is 12.0. The number of benzene rings is 1. The molecule has 1 aromatic carbocycles. The Kier molecular flexibility index (Phi) is 5.78. The van der Waals surface area contributed by atoms with Gasteiger partial charge in [0.1, 0.15) is 4.90 Å². The zero-order valence-corrected chi connectivity index (χ0v) is 15.9. The van der Waals surface area contributed by atoms with Gasteiger partial charge in [-0.1, -0.05) is 36.6 Å². The van der Waals surface area contributed by atoms with Gasteiger partial charge >= 0.3 is 0 Å². The van der Waals surface area contributed by atoms with E-state index in [1.807, 2.05) is 6.07 Å². The van der Waals surface area contributed by atoms with Crippen LogP contribution in [-0.2, 0) is 22.9 Å². The fourth-order valence-electron chi connectivity index (χ4n) is 2.85. The number of hydrazine groups is 1. The molecule has 0 atom stereocenters. The molecule has 0 aliphatic heterocycles. The van der Waals surface area contributed by atoms with Crippen molar-refractivity contribution in [3.05, 3.63) is 50.7 Å². The summed E-state index contributed by atoms with van der Waals surface area (Å²) in [5.74, 6) is -0.452. The smallest absolute Gasteiger partial charge is 0.273 e. The lowest BCUT2D eigenvalue weighted by molar-refractivity contribution is 0.0949. The summed E-state index contributed by atoms with van der Waals surface area (Å²) in [5, 5.41) is 0.100. The number of fused-ring (bicyclic) bond motifs is 1. The van der Waals surface area contributed by atoms with Gasteiger partial charge in [0.25, 0.3) is 15.9 Å². The largest absolute Gasteiger partial charge is 0.276 e. The van der Waals surface area contributed by atoms with Crippen LogP contribution in [0.25, 0.3) is 0 Å². The summed E-state index contributed by atoms with van der Waals surface area (Å²) in [7, 11) is -3.92. The van der Waals surface area contributed by atoms with E-state index < -0.39 is 15.9 Å². The first kappa shape index (κ1) is 18.4. The van der Waals surface area contributed by atoms with Crippen LogP contribution in [-0.4, -0.2) is 14.3 Å². The minimum atomic E-state index is -3.92. The van der Waals surface area contributed by atoms with Crippen molar-refractivity contribution < 1.29 is 13.2 Å². The van der Waals surface area contributed by atoms with E-state index in [1.165, 1.54) is 46.8 Å². The molecule has 2 N–H and O–H groups in total. The maximum Gasteiger partial charge on any atom is 0.276 e. The SMILES string of the molecule is O=C(NNS(=O)(=O)c1ccccc1Cl)c1cc2c(s1)CCCCCC2. The van der Waals surface area contributed by atoms with Crippen molar-refractivity contribution in [3.63, 3.8) is 0 Å². The average molecular weight is 399 g/mol. The van der Waals surface area contributed by atoms with Gasteiger partial charge in [-0.05, 0) is 49.4 Å². The number of aryl methyl sites for hydroxylation is 2. The molecule has 1 heterocycles. The molecule has 8 heteroatoms. The van der Waals surface area contributed by atoms with Crippen molar-refractivity contribution in [2.24, 2.45) is 0 Å². The molecular weight excluding hydrogens is 380 g/mol. The minimum absolute atomic E-state index is 0.0737. The lowest BCUT2D eigenvalue weighted by Crippen LogP contribution is -2.41. The molecule has 0 bridgehead atoms. The maximum atomic E-state index is 12.3. The number of sulfonamides is 1. The Labute approximate surface area is 156 Å². The number of carbonyl (C=O) groups is 1. The van der Waals surface area contributed by atoms with Crippen molar-refractivity contribution in [1.29, 1.82) is 0 Å². The average Bonchev–Trinajstić information content (AvgIpc) is 2.95. The Morgan fingerprint density at radius 2 is 1.80 bits per heavy atom. The predicted molar refractivity (Wildman–Crippen MR) is 99.4 cm³/mol. The Morgan fingerprint density at radius 3 is 2.56 bits per heavy atom. The van der Waals surface area contributed by atoms with Crippen molar-refractivity contribution in [2.75, 3.05) is 0 Å². The van der Waals surface area contributed by atoms with E-state index in [0.29, 0.717) is 4.88 Å². The Hall–Kier alpha value is -1.41. The lowest BCUT2D eigenvalue weighted by Gasteiger charge is -2.08. The highest BCUT2D eigenvalue weighted by molar-refractivity contribution is 7.89. The molecular formula is C17H19ClN2O3S2. The molecule has 0 saturated heterocycles. The summed E-state index contributed by atoms with van der Waals surface area (Å²) in [6.45, 7) is 0. The van der Waals surface area contributed by atoms with Gasteiger partial charge in [-0.2, -0.15) is 0 Å². The summed E-state index contributed by atoms with van der Waals surface area (Å²) < 4.78 is 24.5. The first-order valence-corrected chi connectivity index (χ1v) is 10.8. The number of carbonyl (C=O) groups excluding carboxylic acids is 1. The summed E-state index contributed by atoms with van der Waals surface area (Å²) in [4.78, 5) is 16.1. The zero-order chi connectivity index (χ0) is 17.9. The molecule has 134 valence electrons. The monoisotopic (exact) mass is 398 g/mol. The van der Waals surface area contributed by atoms with Crippen LogP contribution in [0.2, 0.25) is 5.02 Å². The highest BCUT2D eigenvalue weighted by Crippen LogP contribution is 2.28. The highest BCUT2D eigenvalue weighted by Gasteiger charge is 2.20. The fraction of sp³-hybridized carbons (Fsp3) is 0.353. The van der Waals surface area contributed by atoms with Gasteiger partial charge in [-0.15, -0.1) is 16.2 Å². The third kappa shape index (κ3) is 4.41. The van der Waals surface area contributed by atoms with Gasteiger partial charge in [0.2, 0.25) is 0 Å². The van der Waals surface area contributed by atoms with Gasteiger partial charge in [0, 0.05) is 4.88 Å². The molecule has 1 aliphatic rings. The number of hydrogen-bond donors (Lipinski definition) is 2. The molecule has 0 radical (unpaired) electrons. The van der Waals surface area contributed by atoms with Gasteiger partial charge in [0.15, 0.2) is 0 Å². The zero-order valence-electron chi connectivity index (χ0n) is 13.5. The topological polar surface area (TPSA) is 75.3 Å². The van der Waals surface area contributed by atoms with E-state index in [2.05, 4.69) is 10.3 Å². The van der Waals surface area contributed by atoms with Gasteiger partial charge in [-0.25, -0.2) is 8.42 Å². The van der Waals surface area contributed by atoms with Crippen LogP contribution in [0.5, 0.6) is 0 Å². The lowest BCUT2D eigenvalue weighted by atomic mass is 10.00. The number of thiophene rings is 1. The van der Waals surface area contributed by atoms with Crippen LogP contribution < -0.4 is 10.3 Å². The summed E-state index contributed by atoms with van der Waals surface area (Å²) in [6.07, 6.45) is 6.66. The molecule has 0 unspecified atom stereocenters. The molecule has 0 fully saturated rings. The van der Waals surface area contributed by atoms with Gasteiger partial charge in [0.05, 0.1) is 9.90 Å². The number of halogens is 1. The molecule has 5 nitrogen and oxygen atoms in total. The predicted octanol–water partition coefficient (Wildman–Crippen LogP) is 3.68. The second kappa shape index (κ2) is 7.86. The first-order valence-electron chi connectivity index (χ1n) is 8.15. The molecule has 0 spiro atoms. The Bertz CT molecular complexity index is 852. The van der Waals surface area contributed by atoms with Crippen LogP contribution in [0.4, 0.5) is 0 Å². The van der Waals surface area contributed by atoms with Gasteiger partial charge < -0.3 is 0 Å². The molecule has 0 saturated carbocycles. The number of hydrogen-bond acceptors (Lipinski definition) is 4. The molecule has 1 amide bonds. The van der Waals surface area contributed by atoms with Gasteiger partial charge in [-0.3, -0.25) is 10.2 Å². The third-order valence-electron chi connectivity index (χ3n) is 4.15. The van der Waals surface area contributed by atoms with E-state index in [4.69, 9.17) is 11.6 Å². The summed E-state index contributed by atoms with van der Waals surface area (Å²) in [6, 6.07) is 7.96. The standard InChI is InChI=1S/C17H19ClN2O3S2/c18-13-8-5-6-10-16(13)25(22,23)20-19-17(21)15-11-12-7-3-1-2-4-9-14(12)24-15/h5-6,8,10-11,20H,1-4,7,9H2,(H,19,21). The molecule has 3 rings (SSSR count). The third-order valence-corrected chi connectivity index (χ3v) is 7.13. The van der Waals surface area contributed by atoms with Crippen molar-refractivity contribution in [3.8, 4) is 0 Å². The van der Waals surface area contributed by atoms with Crippen LogP contribution in [0, 0.1) is 0 Å². The Morgan fingerprint density at radius 1 is 1.08 bits per heavy atom. The van der Waals surface area contributed by atoms with E-state index in [9.17, 15) is 13.2 Å². The highest BCUT2D eigenvalue weighted by atomic mass is 35.5. The Balaban J connectivity index is 1.70. The second-order valence-electron chi connectivity index (χ2n) is 5.96. The second-order valence-corrected chi connectivity index (χ2v) is 9.16. The van der Waals surface area contributed by atoms with Crippen LogP contribution >= 0.6 is 22.9 Å². The summed E-state index contributed by atoms with van der Waals surface area (Å²) >= 11 is 7.35. The summed E-state index contributed by atoms with van der Waals surface area (Å²) in [5.41, 5.74) is 3.49. The molecule has 2 aromatic rings. The van der Waals surface area contributed by atoms with E-state index >= 15 is 0 Å². The van der Waals surface area contributed by atoms with E-state index in [0.717, 1.165) is 25.7 Å². The fourth-order valence-corrected chi connectivity index (χ4v) is 5.36. The molecule has 25 heavy (non-hydrogen) atoms. The van der Waals surface area contributed by atoms with Crippen LogP contribution in [0.15, 0.2) is 35.2 Å². The normalized spacial score (nSPS) is 15.1. The van der Waals surface area contributed by atoms with Crippen molar-refractivity contribution in [1.82, 2.24) is 10.3 Å². The van der Waals surface area contributed by atoms with Crippen molar-refractivity contribution >= 4 is 38.9 Å². The molecule has 1 aromatic heterocycles. The number of nitrogens with one attached hydrogen (secondary N) is 2. The quantitative estimate of drug-likeness (QED) is 0.771. The van der Waals surface area contributed by atoms with Crippen LogP contribution in [0.3, 0.4) is 0 Å². The van der Waals surface area contributed by atoms with E-state index in [1.54, 1.807) is 12.1 Å².